The molecule has 4 heteroatoms. The molecule has 0 amide bonds. The smallest absolute Gasteiger partial charge is 0.222 e. The molecule has 2 aromatic carbocycles. The topological polar surface area (TPSA) is 35.5 Å². The van der Waals surface area contributed by atoms with E-state index >= 15 is 0 Å². The average Bonchev–Trinajstić information content (AvgIpc) is 2.66. The van der Waals surface area contributed by atoms with E-state index in [-0.39, 0.29) is 0 Å². The maximum Gasteiger partial charge on any atom is 0.805 e. The number of rotatable bonds is 12. The molecule has 2 rings (SSSR count). The normalized spacial score (nSPS) is 10.7. The molecule has 0 heterocycles. The lowest BCUT2D eigenvalue weighted by Gasteiger charge is -2.08. The maximum atomic E-state index is 12.7. The van der Waals surface area contributed by atoms with E-state index in [9.17, 15) is 4.57 Å². The first-order chi connectivity index (χ1) is 13.6. The van der Waals surface area contributed by atoms with E-state index in [1.165, 1.54) is 11.1 Å². The molecular formula is C24H34O3P+. The van der Waals surface area contributed by atoms with Crippen LogP contribution >= 0.6 is 8.25 Å². The van der Waals surface area contributed by atoms with Gasteiger partial charge in [0.05, 0.1) is 0 Å². The van der Waals surface area contributed by atoms with Crippen molar-refractivity contribution in [2.75, 3.05) is 0 Å². The van der Waals surface area contributed by atoms with Gasteiger partial charge in [-0.25, -0.2) is 9.05 Å². The second kappa shape index (κ2) is 11.9. The van der Waals surface area contributed by atoms with Gasteiger partial charge in [-0.3, -0.25) is 0 Å². The lowest BCUT2D eigenvalue weighted by Crippen LogP contribution is -1.98. The van der Waals surface area contributed by atoms with Crippen LogP contribution < -0.4 is 9.05 Å². The first kappa shape index (κ1) is 22.4. The zero-order valence-electron chi connectivity index (χ0n) is 17.8. The van der Waals surface area contributed by atoms with E-state index < -0.39 is 8.25 Å². The monoisotopic (exact) mass is 401 g/mol. The zero-order chi connectivity index (χ0) is 20.4. The van der Waals surface area contributed by atoms with E-state index in [1.807, 2.05) is 12.1 Å². The van der Waals surface area contributed by atoms with Crippen LogP contribution in [0, 0.1) is 0 Å². The third-order valence-electron chi connectivity index (χ3n) is 4.72. The summed E-state index contributed by atoms with van der Waals surface area (Å²) >= 11 is 0. The fraction of sp³-hybridized carbons (Fsp3) is 0.500. The minimum Gasteiger partial charge on any atom is -0.222 e. The Morgan fingerprint density at radius 3 is 1.39 bits per heavy atom. The summed E-state index contributed by atoms with van der Waals surface area (Å²) < 4.78 is 24.4. The molecule has 0 aliphatic rings. The van der Waals surface area contributed by atoms with Crippen molar-refractivity contribution >= 4 is 8.25 Å². The molecule has 0 fully saturated rings. The van der Waals surface area contributed by atoms with Crippen molar-refractivity contribution < 1.29 is 13.6 Å². The van der Waals surface area contributed by atoms with E-state index in [4.69, 9.17) is 9.05 Å². The minimum atomic E-state index is -2.28. The molecule has 152 valence electrons. The molecule has 28 heavy (non-hydrogen) atoms. The third kappa shape index (κ3) is 6.63. The first-order valence-corrected chi connectivity index (χ1v) is 11.8. The molecule has 0 N–H and O–H groups in total. The standard InChI is InChI=1S/C24H34O3P/c1-5-9-19-13-15-21(11-7-3)23(17-19)26-28(25)27-24-18-20(10-6-2)14-16-22(24)12-8-4/h13-18H,5-12H2,1-4H3/q+1. The van der Waals surface area contributed by atoms with E-state index in [2.05, 4.69) is 52.0 Å². The van der Waals surface area contributed by atoms with Crippen LogP contribution in [0.2, 0.25) is 0 Å². The van der Waals surface area contributed by atoms with Crippen LogP contribution in [-0.2, 0) is 30.2 Å². The molecule has 0 aliphatic carbocycles. The molecule has 0 unspecified atom stereocenters. The Bertz CT molecular complexity index is 707. The predicted molar refractivity (Wildman–Crippen MR) is 118 cm³/mol. The van der Waals surface area contributed by atoms with Crippen molar-refractivity contribution in [3.8, 4) is 11.5 Å². The van der Waals surface area contributed by atoms with Gasteiger partial charge in [0.2, 0.25) is 0 Å². The summed E-state index contributed by atoms with van der Waals surface area (Å²) in [6.07, 6.45) is 7.94. The summed E-state index contributed by atoms with van der Waals surface area (Å²) in [5.74, 6) is 1.38. The second-order valence-electron chi connectivity index (χ2n) is 7.29. The summed E-state index contributed by atoms with van der Waals surface area (Å²) in [5, 5.41) is 0. The summed E-state index contributed by atoms with van der Waals surface area (Å²) in [4.78, 5) is 0. The molecule has 0 saturated heterocycles. The number of aryl methyl sites for hydroxylation is 4. The quantitative estimate of drug-likeness (QED) is 0.343. The van der Waals surface area contributed by atoms with Crippen LogP contribution in [0.1, 0.15) is 75.6 Å². The van der Waals surface area contributed by atoms with Gasteiger partial charge in [-0.15, -0.1) is 0 Å². The maximum absolute atomic E-state index is 12.7. The first-order valence-electron chi connectivity index (χ1n) is 10.7. The van der Waals surface area contributed by atoms with Crippen molar-refractivity contribution in [1.82, 2.24) is 0 Å². The van der Waals surface area contributed by atoms with Gasteiger partial charge < -0.3 is 0 Å². The SMILES string of the molecule is CCCc1ccc(CCC)c(O[P+](=O)Oc2cc(CCC)ccc2CCC)c1. The van der Waals surface area contributed by atoms with Crippen LogP contribution in [-0.4, -0.2) is 0 Å². The molecule has 0 aromatic heterocycles. The molecule has 0 radical (unpaired) electrons. The number of benzene rings is 2. The number of hydrogen-bond donors (Lipinski definition) is 0. The highest BCUT2D eigenvalue weighted by atomic mass is 31.1. The second-order valence-corrected chi connectivity index (χ2v) is 8.10. The molecule has 0 aliphatic heterocycles. The zero-order valence-corrected chi connectivity index (χ0v) is 18.7. The van der Waals surface area contributed by atoms with Gasteiger partial charge in [0.15, 0.2) is 11.5 Å². The lowest BCUT2D eigenvalue weighted by molar-refractivity contribution is 0.411. The van der Waals surface area contributed by atoms with Crippen LogP contribution in [0.4, 0.5) is 0 Å². The molecule has 0 spiro atoms. The fourth-order valence-electron chi connectivity index (χ4n) is 3.39. The summed E-state index contributed by atoms with van der Waals surface area (Å²) in [6.45, 7) is 8.58. The van der Waals surface area contributed by atoms with E-state index in [0.29, 0.717) is 11.5 Å². The van der Waals surface area contributed by atoms with Gasteiger partial charge in [-0.2, -0.15) is 0 Å². The van der Waals surface area contributed by atoms with Crippen LogP contribution in [0.5, 0.6) is 11.5 Å². The summed E-state index contributed by atoms with van der Waals surface area (Å²) in [6, 6.07) is 12.5. The predicted octanol–water partition coefficient (Wildman–Crippen LogP) is 7.61. The summed E-state index contributed by atoms with van der Waals surface area (Å²) in [7, 11) is -2.28. The van der Waals surface area contributed by atoms with Crippen molar-refractivity contribution in [3.05, 3.63) is 58.7 Å². The molecule has 0 saturated carbocycles. The van der Waals surface area contributed by atoms with Gasteiger partial charge in [0.1, 0.15) is 0 Å². The largest absolute Gasteiger partial charge is 0.805 e. The van der Waals surface area contributed by atoms with Gasteiger partial charge in [0, 0.05) is 15.7 Å². The Kier molecular flexibility index (Phi) is 9.50. The van der Waals surface area contributed by atoms with Gasteiger partial charge in [-0.05, 0) is 48.9 Å². The average molecular weight is 402 g/mol. The van der Waals surface area contributed by atoms with E-state index in [1.54, 1.807) is 0 Å². The Labute approximate surface area is 171 Å². The Morgan fingerprint density at radius 2 is 1.04 bits per heavy atom. The highest BCUT2D eigenvalue weighted by Crippen LogP contribution is 2.36. The third-order valence-corrected chi connectivity index (χ3v) is 5.42. The Morgan fingerprint density at radius 1 is 0.643 bits per heavy atom. The molecule has 3 nitrogen and oxygen atoms in total. The van der Waals surface area contributed by atoms with Crippen LogP contribution in [0.25, 0.3) is 0 Å². The van der Waals surface area contributed by atoms with Gasteiger partial charge in [0.25, 0.3) is 0 Å². The highest BCUT2D eigenvalue weighted by Gasteiger charge is 2.27. The lowest BCUT2D eigenvalue weighted by atomic mass is 10.0. The van der Waals surface area contributed by atoms with E-state index in [0.717, 1.165) is 62.5 Å². The van der Waals surface area contributed by atoms with Crippen molar-refractivity contribution in [1.29, 1.82) is 0 Å². The van der Waals surface area contributed by atoms with Crippen molar-refractivity contribution in [2.24, 2.45) is 0 Å². The van der Waals surface area contributed by atoms with Crippen molar-refractivity contribution in [2.45, 2.75) is 79.1 Å². The fourth-order valence-corrected chi connectivity index (χ4v) is 4.09. The van der Waals surface area contributed by atoms with Crippen LogP contribution in [0.3, 0.4) is 0 Å². The van der Waals surface area contributed by atoms with Gasteiger partial charge in [-0.1, -0.05) is 77.6 Å². The molecular weight excluding hydrogens is 367 g/mol. The number of hydrogen-bond acceptors (Lipinski definition) is 3. The van der Waals surface area contributed by atoms with Crippen LogP contribution in [0.15, 0.2) is 36.4 Å². The molecule has 2 aromatic rings. The van der Waals surface area contributed by atoms with Crippen molar-refractivity contribution in [3.63, 3.8) is 0 Å². The Hall–Kier alpha value is -1.86. The Balaban J connectivity index is 2.21. The highest BCUT2D eigenvalue weighted by molar-refractivity contribution is 7.34. The minimum absolute atomic E-state index is 0.690. The molecule has 0 bridgehead atoms. The molecule has 0 atom stereocenters. The summed E-state index contributed by atoms with van der Waals surface area (Å²) in [5.41, 5.74) is 4.58. The van der Waals surface area contributed by atoms with Gasteiger partial charge >= 0.3 is 8.25 Å².